The second kappa shape index (κ2) is 5.92. The highest BCUT2D eigenvalue weighted by molar-refractivity contribution is 5.67. The lowest BCUT2D eigenvalue weighted by molar-refractivity contribution is 0.123. The topological polar surface area (TPSA) is 38.5 Å². The van der Waals surface area contributed by atoms with Crippen molar-refractivity contribution in [1.82, 2.24) is 0 Å². The van der Waals surface area contributed by atoms with Crippen molar-refractivity contribution >= 4 is 11.4 Å². The molecule has 0 aliphatic carbocycles. The van der Waals surface area contributed by atoms with E-state index in [-0.39, 0.29) is 0 Å². The number of rotatable bonds is 4. The Balaban J connectivity index is 2.13. The van der Waals surface area contributed by atoms with Gasteiger partial charge in [-0.3, -0.25) is 0 Å². The van der Waals surface area contributed by atoms with E-state index in [9.17, 15) is 0 Å². The molecular formula is C14H22N2O. The molecule has 3 nitrogen and oxygen atoms in total. The number of nitrogens with two attached hydrogens (primary N) is 1. The highest BCUT2D eigenvalue weighted by atomic mass is 16.5. The van der Waals surface area contributed by atoms with Gasteiger partial charge < -0.3 is 15.4 Å². The predicted molar refractivity (Wildman–Crippen MR) is 72.3 cm³/mol. The lowest BCUT2D eigenvalue weighted by atomic mass is 10.0. The normalized spacial score (nSPS) is 20.5. The Morgan fingerprint density at radius 1 is 1.35 bits per heavy atom. The first-order chi connectivity index (χ1) is 8.33. The third kappa shape index (κ3) is 2.91. The SMILES string of the molecule is CCOCC1CCCCN1c1ccccc1N. The number of benzene rings is 1. The molecule has 1 aliphatic heterocycles. The summed E-state index contributed by atoms with van der Waals surface area (Å²) in [5.74, 6) is 0. The Morgan fingerprint density at radius 2 is 2.18 bits per heavy atom. The van der Waals surface area contributed by atoms with Crippen LogP contribution < -0.4 is 10.6 Å². The molecule has 0 aromatic heterocycles. The Bertz CT molecular complexity index is 354. The molecule has 0 bridgehead atoms. The Kier molecular flexibility index (Phi) is 4.26. The maximum Gasteiger partial charge on any atom is 0.0669 e. The zero-order valence-electron chi connectivity index (χ0n) is 10.6. The van der Waals surface area contributed by atoms with Gasteiger partial charge >= 0.3 is 0 Å². The molecule has 0 saturated carbocycles. The standard InChI is InChI=1S/C14H22N2O/c1-2-17-11-12-7-5-6-10-16(12)14-9-4-3-8-13(14)15/h3-4,8-9,12H,2,5-7,10-11,15H2,1H3. The number of hydrogen-bond donors (Lipinski definition) is 1. The van der Waals surface area contributed by atoms with Crippen LogP contribution in [0.4, 0.5) is 11.4 Å². The monoisotopic (exact) mass is 234 g/mol. The summed E-state index contributed by atoms with van der Waals surface area (Å²) in [6.07, 6.45) is 3.74. The maximum atomic E-state index is 6.06. The van der Waals surface area contributed by atoms with Crippen LogP contribution in [0.2, 0.25) is 0 Å². The van der Waals surface area contributed by atoms with E-state index in [2.05, 4.69) is 17.0 Å². The molecular weight excluding hydrogens is 212 g/mol. The number of anilines is 2. The third-order valence-electron chi connectivity index (χ3n) is 3.39. The average Bonchev–Trinajstić information content (AvgIpc) is 2.37. The molecule has 1 saturated heterocycles. The largest absolute Gasteiger partial charge is 0.397 e. The van der Waals surface area contributed by atoms with E-state index in [0.29, 0.717) is 6.04 Å². The molecule has 1 unspecified atom stereocenters. The van der Waals surface area contributed by atoms with Gasteiger partial charge in [0.25, 0.3) is 0 Å². The zero-order valence-corrected chi connectivity index (χ0v) is 10.6. The van der Waals surface area contributed by atoms with Crippen LogP contribution in [0.15, 0.2) is 24.3 Å². The summed E-state index contributed by atoms with van der Waals surface area (Å²) in [6, 6.07) is 8.60. The molecule has 1 atom stereocenters. The molecule has 0 spiro atoms. The summed E-state index contributed by atoms with van der Waals surface area (Å²) < 4.78 is 5.58. The van der Waals surface area contributed by atoms with Crippen molar-refractivity contribution in [2.45, 2.75) is 32.2 Å². The molecule has 0 radical (unpaired) electrons. The lowest BCUT2D eigenvalue weighted by Crippen LogP contribution is -2.42. The van der Waals surface area contributed by atoms with E-state index < -0.39 is 0 Å². The Hall–Kier alpha value is -1.22. The molecule has 0 amide bonds. The van der Waals surface area contributed by atoms with Crippen LogP contribution in [0.1, 0.15) is 26.2 Å². The fourth-order valence-electron chi connectivity index (χ4n) is 2.49. The highest BCUT2D eigenvalue weighted by Crippen LogP contribution is 2.29. The zero-order chi connectivity index (χ0) is 12.1. The van der Waals surface area contributed by atoms with Crippen LogP contribution in [-0.4, -0.2) is 25.8 Å². The van der Waals surface area contributed by atoms with Crippen molar-refractivity contribution in [3.8, 4) is 0 Å². The molecule has 94 valence electrons. The molecule has 1 aliphatic rings. The minimum absolute atomic E-state index is 0.480. The molecule has 1 heterocycles. The van der Waals surface area contributed by atoms with Gasteiger partial charge in [-0.2, -0.15) is 0 Å². The van der Waals surface area contributed by atoms with E-state index >= 15 is 0 Å². The summed E-state index contributed by atoms with van der Waals surface area (Å²) >= 11 is 0. The number of para-hydroxylation sites is 2. The second-order valence-electron chi connectivity index (χ2n) is 4.56. The van der Waals surface area contributed by atoms with Crippen LogP contribution in [0.5, 0.6) is 0 Å². The number of ether oxygens (including phenoxy) is 1. The minimum atomic E-state index is 0.480. The quantitative estimate of drug-likeness (QED) is 0.814. The lowest BCUT2D eigenvalue weighted by Gasteiger charge is -2.38. The molecule has 2 rings (SSSR count). The van der Waals surface area contributed by atoms with Crippen molar-refractivity contribution in [1.29, 1.82) is 0 Å². The van der Waals surface area contributed by atoms with Crippen LogP contribution in [-0.2, 0) is 4.74 Å². The summed E-state index contributed by atoms with van der Waals surface area (Å²) in [6.45, 7) is 4.73. The van der Waals surface area contributed by atoms with Gasteiger partial charge in [-0.05, 0) is 38.3 Å². The van der Waals surface area contributed by atoms with E-state index in [1.807, 2.05) is 19.1 Å². The van der Waals surface area contributed by atoms with Crippen LogP contribution in [0, 0.1) is 0 Å². The van der Waals surface area contributed by atoms with E-state index in [1.165, 1.54) is 19.3 Å². The van der Waals surface area contributed by atoms with Crippen molar-refractivity contribution in [3.05, 3.63) is 24.3 Å². The fraction of sp³-hybridized carbons (Fsp3) is 0.571. The van der Waals surface area contributed by atoms with Crippen molar-refractivity contribution in [2.75, 3.05) is 30.4 Å². The van der Waals surface area contributed by atoms with Gasteiger partial charge in [0.1, 0.15) is 0 Å². The first kappa shape index (κ1) is 12.2. The summed E-state index contributed by atoms with van der Waals surface area (Å²) in [5.41, 5.74) is 8.09. The third-order valence-corrected chi connectivity index (χ3v) is 3.39. The van der Waals surface area contributed by atoms with Crippen molar-refractivity contribution in [2.24, 2.45) is 0 Å². The molecule has 1 aromatic rings. The number of nitrogen functional groups attached to an aromatic ring is 1. The van der Waals surface area contributed by atoms with Crippen molar-refractivity contribution in [3.63, 3.8) is 0 Å². The number of piperidine rings is 1. The summed E-state index contributed by atoms with van der Waals surface area (Å²) in [4.78, 5) is 2.41. The van der Waals surface area contributed by atoms with E-state index in [0.717, 1.165) is 31.1 Å². The van der Waals surface area contributed by atoms with E-state index in [4.69, 9.17) is 10.5 Å². The first-order valence-electron chi connectivity index (χ1n) is 6.52. The van der Waals surface area contributed by atoms with Gasteiger partial charge in [0, 0.05) is 13.2 Å². The molecule has 2 N–H and O–H groups in total. The van der Waals surface area contributed by atoms with Gasteiger partial charge in [-0.15, -0.1) is 0 Å². The first-order valence-corrected chi connectivity index (χ1v) is 6.52. The second-order valence-corrected chi connectivity index (χ2v) is 4.56. The number of hydrogen-bond acceptors (Lipinski definition) is 3. The molecule has 17 heavy (non-hydrogen) atoms. The fourth-order valence-corrected chi connectivity index (χ4v) is 2.49. The number of nitrogens with zero attached hydrogens (tertiary/aromatic N) is 1. The summed E-state index contributed by atoms with van der Waals surface area (Å²) in [5, 5.41) is 0. The van der Waals surface area contributed by atoms with Crippen LogP contribution in [0.3, 0.4) is 0 Å². The summed E-state index contributed by atoms with van der Waals surface area (Å²) in [7, 11) is 0. The van der Waals surface area contributed by atoms with Crippen LogP contribution in [0.25, 0.3) is 0 Å². The average molecular weight is 234 g/mol. The highest BCUT2D eigenvalue weighted by Gasteiger charge is 2.23. The smallest absolute Gasteiger partial charge is 0.0669 e. The predicted octanol–water partition coefficient (Wildman–Crippen LogP) is 2.66. The van der Waals surface area contributed by atoms with Gasteiger partial charge in [0.15, 0.2) is 0 Å². The minimum Gasteiger partial charge on any atom is -0.397 e. The molecule has 1 fully saturated rings. The Labute approximate surface area is 104 Å². The van der Waals surface area contributed by atoms with Gasteiger partial charge in [0.2, 0.25) is 0 Å². The van der Waals surface area contributed by atoms with Gasteiger partial charge in [0.05, 0.1) is 24.0 Å². The van der Waals surface area contributed by atoms with E-state index in [1.54, 1.807) is 0 Å². The molecule has 3 heteroatoms. The van der Waals surface area contributed by atoms with Crippen LogP contribution >= 0.6 is 0 Å². The molecule has 1 aromatic carbocycles. The maximum absolute atomic E-state index is 6.06. The van der Waals surface area contributed by atoms with Gasteiger partial charge in [-0.1, -0.05) is 12.1 Å². The van der Waals surface area contributed by atoms with Crippen molar-refractivity contribution < 1.29 is 4.74 Å². The Morgan fingerprint density at radius 3 is 2.94 bits per heavy atom. The van der Waals surface area contributed by atoms with Gasteiger partial charge in [-0.25, -0.2) is 0 Å².